The van der Waals surface area contributed by atoms with Crippen molar-refractivity contribution in [1.29, 1.82) is 0 Å². The van der Waals surface area contributed by atoms with Gasteiger partial charge < -0.3 is 5.32 Å². The molecule has 5 heteroatoms. The van der Waals surface area contributed by atoms with Crippen LogP contribution in [0.1, 0.15) is 0 Å². The van der Waals surface area contributed by atoms with Gasteiger partial charge in [0.05, 0.1) is 11.9 Å². The zero-order valence-corrected chi connectivity index (χ0v) is 8.11. The molecule has 2 aromatic rings. The number of nitrogens with zero attached hydrogens (tertiary/aromatic N) is 3. The fourth-order valence-electron chi connectivity index (χ4n) is 1.17. The van der Waals surface area contributed by atoms with E-state index < -0.39 is 0 Å². The van der Waals surface area contributed by atoms with Crippen molar-refractivity contribution in [2.24, 2.45) is 0 Å². The lowest BCUT2D eigenvalue weighted by atomic mass is 10.2. The Labute approximate surface area is 86.2 Å². The lowest BCUT2D eigenvalue weighted by Gasteiger charge is -2.01. The third-order valence-corrected chi connectivity index (χ3v) is 1.92. The molecule has 0 spiro atoms. The van der Waals surface area contributed by atoms with E-state index in [4.69, 9.17) is 0 Å². The molecule has 0 unspecified atom stereocenters. The van der Waals surface area contributed by atoms with Crippen LogP contribution in [0.5, 0.6) is 0 Å². The van der Waals surface area contributed by atoms with E-state index in [2.05, 4.69) is 20.5 Å². The number of hydrogen-bond acceptors (Lipinski definition) is 4. The van der Waals surface area contributed by atoms with Gasteiger partial charge in [0, 0.05) is 18.8 Å². The van der Waals surface area contributed by atoms with Gasteiger partial charge in [0.2, 0.25) is 0 Å². The number of aromatic nitrogens is 3. The highest BCUT2D eigenvalue weighted by Gasteiger charge is 2.01. The van der Waals surface area contributed by atoms with Gasteiger partial charge in [0.25, 0.3) is 0 Å². The molecule has 2 rings (SSSR count). The monoisotopic (exact) mass is 204 g/mol. The standard InChI is InChI=1S/C10H9FN4/c1-12-10-3-2-9(14-15-10)7-4-8(11)6-13-5-7/h2-6H,1H3,(H,12,15). The summed E-state index contributed by atoms with van der Waals surface area (Å²) in [5.41, 5.74) is 1.21. The molecule has 0 aliphatic rings. The third kappa shape index (κ3) is 2.07. The molecule has 1 N–H and O–H groups in total. The molecule has 0 fully saturated rings. The average molecular weight is 204 g/mol. The van der Waals surface area contributed by atoms with Crippen LogP contribution in [0.15, 0.2) is 30.6 Å². The molecule has 0 saturated carbocycles. The lowest BCUT2D eigenvalue weighted by Crippen LogP contribution is -1.95. The predicted octanol–water partition coefficient (Wildman–Crippen LogP) is 1.72. The summed E-state index contributed by atoms with van der Waals surface area (Å²) >= 11 is 0. The third-order valence-electron chi connectivity index (χ3n) is 1.92. The van der Waals surface area contributed by atoms with Gasteiger partial charge in [0.15, 0.2) is 0 Å². The molecule has 0 aliphatic carbocycles. The summed E-state index contributed by atoms with van der Waals surface area (Å²) in [6, 6.07) is 4.90. The molecule has 0 amide bonds. The molecule has 0 aromatic carbocycles. The van der Waals surface area contributed by atoms with Crippen LogP contribution in [0.25, 0.3) is 11.3 Å². The zero-order valence-electron chi connectivity index (χ0n) is 8.11. The van der Waals surface area contributed by atoms with Crippen LogP contribution in [0, 0.1) is 5.82 Å². The number of hydrogen-bond donors (Lipinski definition) is 1. The summed E-state index contributed by atoms with van der Waals surface area (Å²) in [6.45, 7) is 0. The summed E-state index contributed by atoms with van der Waals surface area (Å²) in [5, 5.41) is 10.7. The first-order chi connectivity index (χ1) is 7.29. The molecule has 15 heavy (non-hydrogen) atoms. The molecule has 2 aromatic heterocycles. The minimum absolute atomic E-state index is 0.382. The van der Waals surface area contributed by atoms with Gasteiger partial charge in [-0.25, -0.2) is 4.39 Å². The summed E-state index contributed by atoms with van der Waals surface area (Å²) in [5.74, 6) is 0.287. The van der Waals surface area contributed by atoms with Crippen molar-refractivity contribution in [3.8, 4) is 11.3 Å². The van der Waals surface area contributed by atoms with E-state index in [1.807, 2.05) is 0 Å². The maximum absolute atomic E-state index is 12.9. The van der Waals surface area contributed by atoms with Crippen LogP contribution in [0.2, 0.25) is 0 Å². The minimum atomic E-state index is -0.382. The smallest absolute Gasteiger partial charge is 0.148 e. The number of halogens is 1. The minimum Gasteiger partial charge on any atom is -0.372 e. The van der Waals surface area contributed by atoms with Crippen LogP contribution in [-0.4, -0.2) is 22.2 Å². The molecule has 4 nitrogen and oxygen atoms in total. The van der Waals surface area contributed by atoms with E-state index in [1.165, 1.54) is 6.07 Å². The Morgan fingerprint density at radius 1 is 1.20 bits per heavy atom. The number of pyridine rings is 1. The quantitative estimate of drug-likeness (QED) is 0.809. The highest BCUT2D eigenvalue weighted by molar-refractivity contribution is 5.58. The molecule has 0 radical (unpaired) electrons. The summed E-state index contributed by atoms with van der Waals surface area (Å²) < 4.78 is 12.9. The van der Waals surface area contributed by atoms with Crippen molar-refractivity contribution in [2.75, 3.05) is 12.4 Å². The first-order valence-electron chi connectivity index (χ1n) is 4.42. The van der Waals surface area contributed by atoms with Crippen molar-refractivity contribution in [3.63, 3.8) is 0 Å². The van der Waals surface area contributed by atoms with Gasteiger partial charge in [0.1, 0.15) is 11.6 Å². The molecular weight excluding hydrogens is 195 g/mol. The number of rotatable bonds is 2. The molecule has 0 saturated heterocycles. The fraction of sp³-hybridized carbons (Fsp3) is 0.100. The second kappa shape index (κ2) is 4.00. The van der Waals surface area contributed by atoms with Crippen LogP contribution in [0.4, 0.5) is 10.2 Å². The molecule has 0 bridgehead atoms. The Balaban J connectivity index is 2.37. The van der Waals surface area contributed by atoms with E-state index >= 15 is 0 Å². The summed E-state index contributed by atoms with van der Waals surface area (Å²) in [7, 11) is 1.76. The second-order valence-corrected chi connectivity index (χ2v) is 2.95. The Morgan fingerprint density at radius 2 is 2.07 bits per heavy atom. The second-order valence-electron chi connectivity index (χ2n) is 2.95. The average Bonchev–Trinajstić information content (AvgIpc) is 2.29. The fourth-order valence-corrected chi connectivity index (χ4v) is 1.17. The Kier molecular flexibility index (Phi) is 2.53. The van der Waals surface area contributed by atoms with Crippen LogP contribution in [0.3, 0.4) is 0 Å². The maximum Gasteiger partial charge on any atom is 0.148 e. The van der Waals surface area contributed by atoms with E-state index in [-0.39, 0.29) is 5.82 Å². The highest BCUT2D eigenvalue weighted by Crippen LogP contribution is 2.16. The first-order valence-corrected chi connectivity index (χ1v) is 4.42. The lowest BCUT2D eigenvalue weighted by molar-refractivity contribution is 0.622. The zero-order chi connectivity index (χ0) is 10.7. The van der Waals surface area contributed by atoms with Gasteiger partial charge >= 0.3 is 0 Å². The van der Waals surface area contributed by atoms with Crippen LogP contribution < -0.4 is 5.32 Å². The SMILES string of the molecule is CNc1ccc(-c2cncc(F)c2)nn1. The van der Waals surface area contributed by atoms with Crippen molar-refractivity contribution in [3.05, 3.63) is 36.4 Å². The number of anilines is 1. The summed E-state index contributed by atoms with van der Waals surface area (Å²) in [6.07, 6.45) is 2.70. The molecule has 2 heterocycles. The maximum atomic E-state index is 12.9. The van der Waals surface area contributed by atoms with Crippen molar-refractivity contribution >= 4 is 5.82 Å². The van der Waals surface area contributed by atoms with Crippen LogP contribution >= 0.6 is 0 Å². The molecular formula is C10H9FN4. The Hall–Kier alpha value is -2.04. The van der Waals surface area contributed by atoms with Gasteiger partial charge in [-0.15, -0.1) is 10.2 Å². The van der Waals surface area contributed by atoms with E-state index in [1.54, 1.807) is 25.4 Å². The van der Waals surface area contributed by atoms with Gasteiger partial charge in [-0.2, -0.15) is 0 Å². The highest BCUT2D eigenvalue weighted by atomic mass is 19.1. The molecule has 76 valence electrons. The van der Waals surface area contributed by atoms with Gasteiger partial charge in [-0.3, -0.25) is 4.98 Å². The predicted molar refractivity (Wildman–Crippen MR) is 54.8 cm³/mol. The number of nitrogens with one attached hydrogen (secondary N) is 1. The van der Waals surface area contributed by atoms with E-state index in [9.17, 15) is 4.39 Å². The topological polar surface area (TPSA) is 50.7 Å². The van der Waals surface area contributed by atoms with Crippen molar-refractivity contribution in [2.45, 2.75) is 0 Å². The Bertz CT molecular complexity index is 455. The molecule has 0 atom stereocenters. The van der Waals surface area contributed by atoms with E-state index in [0.717, 1.165) is 6.20 Å². The normalized spacial score (nSPS) is 10.0. The van der Waals surface area contributed by atoms with E-state index in [0.29, 0.717) is 17.1 Å². The molecule has 0 aliphatic heterocycles. The van der Waals surface area contributed by atoms with Gasteiger partial charge in [-0.05, 0) is 18.2 Å². The summed E-state index contributed by atoms with van der Waals surface area (Å²) in [4.78, 5) is 3.74. The first kappa shape index (κ1) is 9.51. The largest absolute Gasteiger partial charge is 0.372 e. The van der Waals surface area contributed by atoms with Gasteiger partial charge in [-0.1, -0.05) is 0 Å². The van der Waals surface area contributed by atoms with Crippen molar-refractivity contribution in [1.82, 2.24) is 15.2 Å². The Morgan fingerprint density at radius 3 is 2.67 bits per heavy atom. The van der Waals surface area contributed by atoms with Crippen LogP contribution in [-0.2, 0) is 0 Å². The van der Waals surface area contributed by atoms with Crippen molar-refractivity contribution < 1.29 is 4.39 Å².